The number of nitrogens with one attached hydrogen (secondary N) is 1. The van der Waals surface area contributed by atoms with E-state index in [9.17, 15) is 13.6 Å². The van der Waals surface area contributed by atoms with Gasteiger partial charge in [-0.2, -0.15) is 8.78 Å². The first kappa shape index (κ1) is 19.5. The van der Waals surface area contributed by atoms with E-state index in [1.165, 1.54) is 24.6 Å². The van der Waals surface area contributed by atoms with Gasteiger partial charge in [-0.1, -0.05) is 23.5 Å². The van der Waals surface area contributed by atoms with E-state index in [2.05, 4.69) is 25.0 Å². The third kappa shape index (κ3) is 4.78. The lowest BCUT2D eigenvalue weighted by molar-refractivity contribution is -0.113. The third-order valence-corrected chi connectivity index (χ3v) is 6.31. The zero-order valence-corrected chi connectivity index (χ0v) is 16.8. The Hall–Kier alpha value is -1.81. The highest BCUT2D eigenvalue weighted by molar-refractivity contribution is 8.00. The van der Waals surface area contributed by atoms with Gasteiger partial charge in [0, 0.05) is 29.7 Å². The molecule has 1 aromatic carbocycles. The van der Waals surface area contributed by atoms with Crippen molar-refractivity contribution in [3.63, 3.8) is 0 Å². The summed E-state index contributed by atoms with van der Waals surface area (Å²) in [6.45, 7) is 2.02. The second kappa shape index (κ2) is 8.69. The monoisotopic (exact) mass is 425 g/mol. The Kier molecular flexibility index (Phi) is 6.05. The van der Waals surface area contributed by atoms with Gasteiger partial charge in [-0.15, -0.1) is 10.2 Å². The van der Waals surface area contributed by atoms with Crippen LogP contribution in [0.15, 0.2) is 34.3 Å². The molecule has 6 nitrogen and oxygen atoms in total. The Labute approximate surface area is 170 Å². The van der Waals surface area contributed by atoms with Gasteiger partial charge in [-0.3, -0.25) is 9.36 Å². The number of halogens is 2. The van der Waals surface area contributed by atoms with Gasteiger partial charge in [0.05, 0.1) is 5.75 Å². The smallest absolute Gasteiger partial charge is 0.288 e. The molecule has 1 saturated heterocycles. The van der Waals surface area contributed by atoms with Crippen LogP contribution in [-0.2, 0) is 4.79 Å². The molecule has 10 heteroatoms. The first-order valence-electron chi connectivity index (χ1n) is 9.27. The summed E-state index contributed by atoms with van der Waals surface area (Å²) in [5, 5.41) is 12.3. The molecule has 2 aromatic rings. The molecule has 4 rings (SSSR count). The van der Waals surface area contributed by atoms with Crippen LogP contribution in [0.4, 0.5) is 20.4 Å². The van der Waals surface area contributed by atoms with Crippen molar-refractivity contribution in [3.05, 3.63) is 24.3 Å². The third-order valence-electron chi connectivity index (χ3n) is 4.64. The second-order valence-electron chi connectivity index (χ2n) is 6.82. The summed E-state index contributed by atoms with van der Waals surface area (Å²) in [6.07, 6.45) is 4.61. The largest absolute Gasteiger partial charge is 0.341 e. The molecule has 28 heavy (non-hydrogen) atoms. The van der Waals surface area contributed by atoms with Crippen LogP contribution in [0.1, 0.15) is 31.7 Å². The van der Waals surface area contributed by atoms with Gasteiger partial charge in [0.15, 0.2) is 5.16 Å². The molecule has 1 aromatic heterocycles. The van der Waals surface area contributed by atoms with Gasteiger partial charge >= 0.3 is 0 Å². The highest BCUT2D eigenvalue weighted by atomic mass is 32.2. The van der Waals surface area contributed by atoms with Crippen molar-refractivity contribution in [2.75, 3.05) is 29.1 Å². The number of alkyl halides is 2. The Bertz CT molecular complexity index is 820. The topological polar surface area (TPSA) is 63.1 Å². The number of thioether (sulfide) groups is 2. The minimum absolute atomic E-state index is 0.160. The molecule has 0 bridgehead atoms. The SMILES string of the molecule is O=C(CSc1nnc(N2CCCC2)n1C1CC1)Nc1ccc(SC(F)F)cc1. The number of anilines is 2. The van der Waals surface area contributed by atoms with Crippen LogP contribution in [-0.4, -0.2) is 45.3 Å². The number of amides is 1. The van der Waals surface area contributed by atoms with Crippen molar-refractivity contribution < 1.29 is 13.6 Å². The molecule has 0 radical (unpaired) electrons. The van der Waals surface area contributed by atoms with Gasteiger partial charge in [-0.05, 0) is 49.9 Å². The highest BCUT2D eigenvalue weighted by Gasteiger charge is 2.32. The first-order valence-corrected chi connectivity index (χ1v) is 11.1. The lowest BCUT2D eigenvalue weighted by atomic mass is 10.3. The Balaban J connectivity index is 1.34. The molecule has 2 heterocycles. The van der Waals surface area contributed by atoms with E-state index in [4.69, 9.17) is 0 Å². The van der Waals surface area contributed by atoms with Crippen LogP contribution in [0.2, 0.25) is 0 Å². The van der Waals surface area contributed by atoms with E-state index >= 15 is 0 Å². The lowest BCUT2D eigenvalue weighted by Crippen LogP contribution is -2.22. The maximum absolute atomic E-state index is 12.4. The van der Waals surface area contributed by atoms with Crippen molar-refractivity contribution >= 4 is 41.1 Å². The maximum Gasteiger partial charge on any atom is 0.288 e. The predicted octanol–water partition coefficient (Wildman–Crippen LogP) is 4.26. The normalized spacial score (nSPS) is 16.8. The van der Waals surface area contributed by atoms with Crippen molar-refractivity contribution in [2.24, 2.45) is 0 Å². The Morgan fingerprint density at radius 2 is 1.89 bits per heavy atom. The van der Waals surface area contributed by atoms with Crippen LogP contribution in [0.25, 0.3) is 0 Å². The van der Waals surface area contributed by atoms with E-state index in [0.717, 1.165) is 37.0 Å². The molecular formula is C18H21F2N5OS2. The number of rotatable bonds is 8. The Morgan fingerprint density at radius 1 is 1.18 bits per heavy atom. The summed E-state index contributed by atoms with van der Waals surface area (Å²) < 4.78 is 26.9. The molecule has 1 amide bonds. The Morgan fingerprint density at radius 3 is 2.54 bits per heavy atom. The van der Waals surface area contributed by atoms with E-state index in [0.29, 0.717) is 28.4 Å². The quantitative estimate of drug-likeness (QED) is 0.638. The summed E-state index contributed by atoms with van der Waals surface area (Å²) in [6, 6.07) is 6.85. The predicted molar refractivity (Wildman–Crippen MR) is 107 cm³/mol. The highest BCUT2D eigenvalue weighted by Crippen LogP contribution is 2.41. The zero-order chi connectivity index (χ0) is 19.5. The summed E-state index contributed by atoms with van der Waals surface area (Å²) in [5.41, 5.74) is 0.589. The molecule has 0 unspecified atom stereocenters. The molecule has 150 valence electrons. The van der Waals surface area contributed by atoms with Crippen LogP contribution >= 0.6 is 23.5 Å². The maximum atomic E-state index is 12.4. The van der Waals surface area contributed by atoms with Crippen LogP contribution < -0.4 is 10.2 Å². The van der Waals surface area contributed by atoms with E-state index < -0.39 is 5.76 Å². The summed E-state index contributed by atoms with van der Waals surface area (Å²) >= 11 is 1.87. The van der Waals surface area contributed by atoms with Crippen LogP contribution in [0.5, 0.6) is 0 Å². The standard InChI is InChI=1S/C18H21F2N5OS2/c19-16(20)28-14-7-3-12(4-8-14)21-15(26)11-27-18-23-22-17(24-9-1-2-10-24)25(18)13-5-6-13/h3-4,7-8,13,16H,1-2,5-6,9-11H2,(H,21,26). The minimum atomic E-state index is -2.45. The number of aromatic nitrogens is 3. The fourth-order valence-electron chi connectivity index (χ4n) is 3.20. The number of hydrogen-bond acceptors (Lipinski definition) is 6. The molecule has 2 aliphatic rings. The van der Waals surface area contributed by atoms with Crippen molar-refractivity contribution in [3.8, 4) is 0 Å². The molecule has 1 aliphatic heterocycles. The van der Waals surface area contributed by atoms with Crippen molar-refractivity contribution in [1.82, 2.24) is 14.8 Å². The summed E-state index contributed by atoms with van der Waals surface area (Å²) in [5.74, 6) is -1.47. The van der Waals surface area contributed by atoms with Gasteiger partial charge in [0.2, 0.25) is 11.9 Å². The van der Waals surface area contributed by atoms with E-state index in [-0.39, 0.29) is 11.7 Å². The molecular weight excluding hydrogens is 404 g/mol. The van der Waals surface area contributed by atoms with Crippen LogP contribution in [0.3, 0.4) is 0 Å². The number of hydrogen-bond donors (Lipinski definition) is 1. The van der Waals surface area contributed by atoms with Gasteiger partial charge in [-0.25, -0.2) is 0 Å². The number of nitrogens with zero attached hydrogens (tertiary/aromatic N) is 4. The van der Waals surface area contributed by atoms with E-state index in [1.54, 1.807) is 24.3 Å². The van der Waals surface area contributed by atoms with Gasteiger partial charge in [0.1, 0.15) is 0 Å². The fourth-order valence-corrected chi connectivity index (χ4v) is 4.50. The zero-order valence-electron chi connectivity index (χ0n) is 15.2. The van der Waals surface area contributed by atoms with Crippen LogP contribution in [0, 0.1) is 0 Å². The molecule has 1 saturated carbocycles. The van der Waals surface area contributed by atoms with E-state index in [1.807, 2.05) is 0 Å². The molecule has 1 N–H and O–H groups in total. The molecule has 0 atom stereocenters. The van der Waals surface area contributed by atoms with Gasteiger partial charge < -0.3 is 10.2 Å². The summed E-state index contributed by atoms with van der Waals surface area (Å²) in [4.78, 5) is 15.0. The lowest BCUT2D eigenvalue weighted by Gasteiger charge is -2.17. The van der Waals surface area contributed by atoms with Crippen molar-refractivity contribution in [2.45, 2.75) is 47.5 Å². The van der Waals surface area contributed by atoms with Crippen molar-refractivity contribution in [1.29, 1.82) is 0 Å². The molecule has 1 aliphatic carbocycles. The van der Waals surface area contributed by atoms with Gasteiger partial charge in [0.25, 0.3) is 5.76 Å². The number of carbonyl (C=O) groups is 1. The molecule has 0 spiro atoms. The fraction of sp³-hybridized carbons (Fsp3) is 0.500. The molecule has 2 fully saturated rings. The summed E-state index contributed by atoms with van der Waals surface area (Å²) in [7, 11) is 0. The number of benzene rings is 1. The minimum Gasteiger partial charge on any atom is -0.341 e. The first-order chi connectivity index (χ1) is 13.6. The average Bonchev–Trinajstić information content (AvgIpc) is 3.18. The average molecular weight is 426 g/mol. The number of carbonyl (C=O) groups excluding carboxylic acids is 1. The second-order valence-corrected chi connectivity index (χ2v) is 8.82.